The van der Waals surface area contributed by atoms with Gasteiger partial charge in [-0.05, 0) is 16.5 Å². The van der Waals surface area contributed by atoms with Gasteiger partial charge in [0.25, 0.3) is 0 Å². The van der Waals surface area contributed by atoms with Crippen LogP contribution < -0.4 is 5.73 Å². The number of aromatic nitrogens is 2. The Balaban J connectivity index is 2.27. The zero-order chi connectivity index (χ0) is 14.0. The van der Waals surface area contributed by atoms with E-state index in [4.69, 9.17) is 10.2 Å². The van der Waals surface area contributed by atoms with Gasteiger partial charge in [-0.15, -0.1) is 10.2 Å². The zero-order valence-corrected chi connectivity index (χ0v) is 11.4. The topological polar surface area (TPSA) is 85.2 Å². The molecule has 19 heavy (non-hydrogen) atoms. The smallest absolute Gasteiger partial charge is 0.233 e. The van der Waals surface area contributed by atoms with E-state index in [1.165, 1.54) is 6.39 Å². The van der Waals surface area contributed by atoms with E-state index in [0.717, 1.165) is 11.1 Å². The molecule has 5 heteroatoms. The van der Waals surface area contributed by atoms with Crippen molar-refractivity contribution in [2.75, 3.05) is 0 Å². The predicted molar refractivity (Wildman–Crippen MR) is 71.7 cm³/mol. The molecular weight excluding hydrogens is 242 g/mol. The molecule has 0 amide bonds. The van der Waals surface area contributed by atoms with Crippen LogP contribution in [0.3, 0.4) is 0 Å². The average Bonchev–Trinajstić information content (AvgIpc) is 2.83. The molecule has 1 aromatic heterocycles. The van der Waals surface area contributed by atoms with Gasteiger partial charge in [-0.2, -0.15) is 0 Å². The maximum absolute atomic E-state index is 10.3. The first-order chi connectivity index (χ1) is 8.89. The van der Waals surface area contributed by atoms with Crippen LogP contribution >= 0.6 is 0 Å². The molecule has 0 bridgehead atoms. The van der Waals surface area contributed by atoms with Crippen LogP contribution in [-0.2, 0) is 11.8 Å². The third kappa shape index (κ3) is 2.93. The summed E-state index contributed by atoms with van der Waals surface area (Å²) in [6, 6.07) is 5.30. The molecule has 102 valence electrons. The highest BCUT2D eigenvalue weighted by molar-refractivity contribution is 5.44. The number of phenolic OH excluding ortho intramolecular Hbond substituents is 1. The lowest BCUT2D eigenvalue weighted by Gasteiger charge is -2.22. The van der Waals surface area contributed by atoms with Crippen molar-refractivity contribution in [1.82, 2.24) is 10.2 Å². The van der Waals surface area contributed by atoms with E-state index in [1.807, 2.05) is 18.2 Å². The van der Waals surface area contributed by atoms with Gasteiger partial charge < -0.3 is 15.3 Å². The predicted octanol–water partition coefficient (Wildman–Crippen LogP) is 2.32. The largest absolute Gasteiger partial charge is 0.507 e. The minimum absolute atomic E-state index is 0.116. The van der Waals surface area contributed by atoms with Crippen LogP contribution in [0.5, 0.6) is 5.75 Å². The van der Waals surface area contributed by atoms with Gasteiger partial charge in [0.15, 0.2) is 0 Å². The Kier molecular flexibility index (Phi) is 3.57. The number of rotatable bonds is 3. The van der Waals surface area contributed by atoms with Crippen molar-refractivity contribution in [2.45, 2.75) is 38.6 Å². The summed E-state index contributed by atoms with van der Waals surface area (Å²) in [4.78, 5) is 0. The minimum Gasteiger partial charge on any atom is -0.507 e. The summed E-state index contributed by atoms with van der Waals surface area (Å²) in [6.07, 6.45) is 1.71. The summed E-state index contributed by atoms with van der Waals surface area (Å²) in [6.45, 7) is 6.18. The third-order valence-corrected chi connectivity index (χ3v) is 3.06. The number of hydrogen-bond donors (Lipinski definition) is 2. The Hall–Kier alpha value is -1.88. The van der Waals surface area contributed by atoms with Gasteiger partial charge in [0, 0.05) is 6.42 Å². The Morgan fingerprint density at radius 3 is 2.68 bits per heavy atom. The number of benzene rings is 1. The van der Waals surface area contributed by atoms with E-state index in [-0.39, 0.29) is 5.41 Å². The Labute approximate surface area is 112 Å². The summed E-state index contributed by atoms with van der Waals surface area (Å²) in [5.41, 5.74) is 7.57. The molecule has 0 saturated carbocycles. The molecule has 2 aromatic rings. The fraction of sp³-hybridized carbons (Fsp3) is 0.429. The number of para-hydroxylation sites is 1. The van der Waals surface area contributed by atoms with Crippen molar-refractivity contribution < 1.29 is 9.52 Å². The molecule has 0 spiro atoms. The fourth-order valence-corrected chi connectivity index (χ4v) is 2.03. The van der Waals surface area contributed by atoms with Gasteiger partial charge >= 0.3 is 0 Å². The van der Waals surface area contributed by atoms with Crippen LogP contribution in [-0.4, -0.2) is 15.3 Å². The molecule has 0 aliphatic rings. The van der Waals surface area contributed by atoms with Crippen LogP contribution in [0.15, 0.2) is 29.0 Å². The highest BCUT2D eigenvalue weighted by Crippen LogP contribution is 2.34. The molecular formula is C14H19N3O2. The molecule has 1 heterocycles. The molecule has 0 aliphatic carbocycles. The second kappa shape index (κ2) is 5.01. The molecule has 1 unspecified atom stereocenters. The molecule has 5 nitrogen and oxygen atoms in total. The first-order valence-corrected chi connectivity index (χ1v) is 6.22. The maximum atomic E-state index is 10.3. The van der Waals surface area contributed by atoms with Crippen LogP contribution in [0, 0.1) is 0 Å². The Morgan fingerprint density at radius 2 is 2.11 bits per heavy atom. The number of hydrogen-bond acceptors (Lipinski definition) is 5. The summed E-state index contributed by atoms with van der Waals surface area (Å²) < 4.78 is 5.08. The molecule has 1 atom stereocenters. The monoisotopic (exact) mass is 261 g/mol. The Morgan fingerprint density at radius 1 is 1.37 bits per heavy atom. The van der Waals surface area contributed by atoms with Gasteiger partial charge in [-0.1, -0.05) is 39.0 Å². The normalized spacial score (nSPS) is 13.5. The van der Waals surface area contributed by atoms with Crippen LogP contribution in [0.1, 0.15) is 43.8 Å². The van der Waals surface area contributed by atoms with Crippen LogP contribution in [0.2, 0.25) is 0 Å². The highest BCUT2D eigenvalue weighted by Gasteiger charge is 2.21. The molecule has 0 saturated heterocycles. The zero-order valence-electron chi connectivity index (χ0n) is 11.4. The molecule has 3 N–H and O–H groups in total. The van der Waals surface area contributed by atoms with E-state index in [0.29, 0.717) is 18.1 Å². The van der Waals surface area contributed by atoms with Gasteiger partial charge in [0.1, 0.15) is 5.75 Å². The van der Waals surface area contributed by atoms with Crippen molar-refractivity contribution in [3.05, 3.63) is 41.6 Å². The summed E-state index contributed by atoms with van der Waals surface area (Å²) in [5.74, 6) is 0.672. The van der Waals surface area contributed by atoms with Crippen molar-refractivity contribution in [1.29, 1.82) is 0 Å². The van der Waals surface area contributed by atoms with Crippen molar-refractivity contribution in [3.63, 3.8) is 0 Å². The summed E-state index contributed by atoms with van der Waals surface area (Å²) in [7, 11) is 0. The van der Waals surface area contributed by atoms with E-state index in [1.54, 1.807) is 0 Å². The third-order valence-electron chi connectivity index (χ3n) is 3.06. The lowest BCUT2D eigenvalue weighted by Crippen LogP contribution is -2.16. The first kappa shape index (κ1) is 13.5. The Bertz CT molecular complexity index is 544. The number of nitrogens with zero attached hydrogens (tertiary/aromatic N) is 2. The highest BCUT2D eigenvalue weighted by atomic mass is 16.4. The number of aromatic hydroxyl groups is 1. The molecule has 0 fully saturated rings. The quantitative estimate of drug-likeness (QED) is 0.885. The first-order valence-electron chi connectivity index (χ1n) is 6.22. The van der Waals surface area contributed by atoms with Gasteiger partial charge in [-0.25, -0.2) is 0 Å². The lowest BCUT2D eigenvalue weighted by molar-refractivity contribution is 0.424. The molecule has 2 rings (SSSR count). The van der Waals surface area contributed by atoms with E-state index >= 15 is 0 Å². The summed E-state index contributed by atoms with van der Waals surface area (Å²) >= 11 is 0. The van der Waals surface area contributed by atoms with Gasteiger partial charge in [0.2, 0.25) is 12.3 Å². The number of nitrogens with two attached hydrogens (primary N) is 1. The van der Waals surface area contributed by atoms with Crippen LogP contribution in [0.4, 0.5) is 0 Å². The van der Waals surface area contributed by atoms with E-state index in [2.05, 4.69) is 31.0 Å². The van der Waals surface area contributed by atoms with Crippen molar-refractivity contribution >= 4 is 0 Å². The second-order valence-electron chi connectivity index (χ2n) is 5.65. The van der Waals surface area contributed by atoms with Crippen LogP contribution in [0.25, 0.3) is 0 Å². The maximum Gasteiger partial charge on any atom is 0.233 e. The van der Waals surface area contributed by atoms with Crippen molar-refractivity contribution in [2.24, 2.45) is 5.73 Å². The van der Waals surface area contributed by atoms with Gasteiger partial charge in [-0.3, -0.25) is 0 Å². The van der Waals surface area contributed by atoms with Gasteiger partial charge in [0.05, 0.1) is 6.04 Å². The molecule has 1 aromatic carbocycles. The summed E-state index contributed by atoms with van der Waals surface area (Å²) in [5, 5.41) is 17.7. The van der Waals surface area contributed by atoms with E-state index < -0.39 is 6.04 Å². The lowest BCUT2D eigenvalue weighted by atomic mass is 9.84. The average molecular weight is 261 g/mol. The van der Waals surface area contributed by atoms with E-state index in [9.17, 15) is 5.11 Å². The molecule has 0 radical (unpaired) electrons. The fourth-order valence-electron chi connectivity index (χ4n) is 2.03. The number of phenols is 1. The minimum atomic E-state index is -0.413. The standard InChI is InChI=1S/C14H19N3O2/c1-14(2,3)10-6-4-5-9(12(10)18)7-11(15)13-17-16-8-19-13/h4-6,8,11,18H,7,15H2,1-3H3. The second-order valence-corrected chi connectivity index (χ2v) is 5.65. The van der Waals surface area contributed by atoms with Crippen molar-refractivity contribution in [3.8, 4) is 5.75 Å². The molecule has 0 aliphatic heterocycles. The SMILES string of the molecule is CC(C)(C)c1cccc(CC(N)c2nnco2)c1O.